The number of rotatable bonds is 6. The van der Waals surface area contributed by atoms with Crippen molar-refractivity contribution in [3.63, 3.8) is 0 Å². The van der Waals surface area contributed by atoms with Crippen molar-refractivity contribution in [3.05, 3.63) is 24.2 Å². The molecule has 0 unspecified atom stereocenters. The van der Waals surface area contributed by atoms with E-state index >= 15 is 0 Å². The Kier molecular flexibility index (Phi) is 5.88. The summed E-state index contributed by atoms with van der Waals surface area (Å²) in [7, 11) is 0. The smallest absolute Gasteiger partial charge is 0.434 e. The highest BCUT2D eigenvalue weighted by Gasteiger charge is 2.57. The van der Waals surface area contributed by atoms with Crippen LogP contribution in [0.1, 0.15) is 32.1 Å². The molecule has 0 amide bonds. The van der Waals surface area contributed by atoms with Crippen LogP contribution in [0.25, 0.3) is 5.52 Å². The number of aliphatic hydroxyl groups is 2. The van der Waals surface area contributed by atoms with Crippen LogP contribution in [0.2, 0.25) is 0 Å². The van der Waals surface area contributed by atoms with E-state index in [2.05, 4.69) is 10.1 Å². The van der Waals surface area contributed by atoms with Crippen LogP contribution in [0.3, 0.4) is 0 Å². The number of nitrogen functional groups attached to an aromatic ring is 1. The SMILES string of the molecule is CC(C)CCOC(=O)OC[C@@]1(C#N)O[C@@H](c2ccc3c(N)ncnn23)[C@H](O)[C@@H]1O. The standard InChI is InChI=1S/C18H23N5O6/c1-10(2)5-6-27-17(26)28-8-18(7-19)15(25)13(24)14(29-18)11-3-4-12-16(20)21-9-22-23(11)12/h3-4,9-10,13-15,24-25H,5-6,8H2,1-2H3,(H2,20,21,22)/t13-,14-,15-,18+/m0/s1. The molecule has 11 nitrogen and oxygen atoms in total. The number of aliphatic hydroxyl groups excluding tert-OH is 2. The number of carbonyl (C=O) groups is 1. The number of hydrogen-bond acceptors (Lipinski definition) is 10. The van der Waals surface area contributed by atoms with Crippen LogP contribution in [-0.2, 0) is 14.2 Å². The lowest BCUT2D eigenvalue weighted by molar-refractivity contribution is -0.0857. The van der Waals surface area contributed by atoms with E-state index in [9.17, 15) is 20.3 Å². The molecule has 4 atom stereocenters. The predicted octanol–water partition coefficient (Wildman–Crippen LogP) is 0.566. The van der Waals surface area contributed by atoms with Crippen LogP contribution in [0.4, 0.5) is 10.6 Å². The average Bonchev–Trinajstić information content (AvgIpc) is 3.22. The fourth-order valence-corrected chi connectivity index (χ4v) is 3.06. The van der Waals surface area contributed by atoms with Gasteiger partial charge in [-0.25, -0.2) is 14.3 Å². The Hall–Kier alpha value is -2.94. The zero-order valence-electron chi connectivity index (χ0n) is 16.1. The highest BCUT2D eigenvalue weighted by molar-refractivity contribution is 5.65. The van der Waals surface area contributed by atoms with Crippen LogP contribution in [0, 0.1) is 17.2 Å². The molecule has 29 heavy (non-hydrogen) atoms. The summed E-state index contributed by atoms with van der Waals surface area (Å²) in [4.78, 5) is 15.6. The molecule has 1 aliphatic heterocycles. The molecule has 0 aliphatic carbocycles. The summed E-state index contributed by atoms with van der Waals surface area (Å²) in [6, 6.07) is 5.03. The summed E-state index contributed by atoms with van der Waals surface area (Å²) in [5, 5.41) is 34.7. The molecule has 0 spiro atoms. The Morgan fingerprint density at radius 3 is 2.90 bits per heavy atom. The highest BCUT2D eigenvalue weighted by Crippen LogP contribution is 2.40. The second-order valence-corrected chi connectivity index (χ2v) is 7.25. The number of ether oxygens (including phenoxy) is 3. The van der Waals surface area contributed by atoms with Gasteiger partial charge < -0.3 is 30.2 Å². The number of aromatic nitrogens is 3. The zero-order valence-corrected chi connectivity index (χ0v) is 16.1. The van der Waals surface area contributed by atoms with Crippen LogP contribution in [0.5, 0.6) is 0 Å². The Balaban J connectivity index is 1.75. The van der Waals surface area contributed by atoms with Crippen molar-refractivity contribution in [2.24, 2.45) is 5.92 Å². The number of nitrogens with zero attached hydrogens (tertiary/aromatic N) is 4. The van der Waals surface area contributed by atoms with E-state index in [1.807, 2.05) is 13.8 Å². The number of nitriles is 1. The van der Waals surface area contributed by atoms with Gasteiger partial charge in [0.25, 0.3) is 0 Å². The zero-order chi connectivity index (χ0) is 21.2. The van der Waals surface area contributed by atoms with E-state index in [0.717, 1.165) is 0 Å². The fraction of sp³-hybridized carbons (Fsp3) is 0.556. The Morgan fingerprint density at radius 1 is 1.45 bits per heavy atom. The number of fused-ring (bicyclic) bond motifs is 1. The monoisotopic (exact) mass is 405 g/mol. The van der Waals surface area contributed by atoms with Crippen molar-refractivity contribution in [1.82, 2.24) is 14.6 Å². The molecular weight excluding hydrogens is 382 g/mol. The Bertz CT molecular complexity index is 925. The van der Waals surface area contributed by atoms with Crippen molar-refractivity contribution in [2.45, 2.75) is 44.2 Å². The third-order valence-corrected chi connectivity index (χ3v) is 4.76. The number of anilines is 1. The Labute approximate surface area is 166 Å². The lowest BCUT2D eigenvalue weighted by Gasteiger charge is -2.23. The van der Waals surface area contributed by atoms with Crippen LogP contribution >= 0.6 is 0 Å². The normalized spacial score (nSPS) is 26.6. The van der Waals surface area contributed by atoms with Gasteiger partial charge in [-0.05, 0) is 24.5 Å². The summed E-state index contributed by atoms with van der Waals surface area (Å²) in [5.74, 6) is 0.567. The summed E-state index contributed by atoms with van der Waals surface area (Å²) in [6.45, 7) is 3.52. The number of nitrogens with two attached hydrogens (primary N) is 1. The molecule has 1 saturated heterocycles. The summed E-state index contributed by atoms with van der Waals surface area (Å²) in [6.07, 6.45) is -3.30. The largest absolute Gasteiger partial charge is 0.508 e. The third kappa shape index (κ3) is 3.95. The van der Waals surface area contributed by atoms with Gasteiger partial charge in [-0.3, -0.25) is 0 Å². The van der Waals surface area contributed by atoms with Crippen molar-refractivity contribution in [1.29, 1.82) is 5.26 Å². The molecule has 0 saturated carbocycles. The molecule has 0 aromatic carbocycles. The highest BCUT2D eigenvalue weighted by atomic mass is 16.7. The van der Waals surface area contributed by atoms with Gasteiger partial charge in [0, 0.05) is 0 Å². The molecular formula is C18H23N5O6. The quantitative estimate of drug-likeness (QED) is 0.578. The topological polar surface area (TPSA) is 165 Å². The van der Waals surface area contributed by atoms with Gasteiger partial charge in [-0.1, -0.05) is 13.8 Å². The first kappa shape index (κ1) is 20.8. The molecule has 0 bridgehead atoms. The van der Waals surface area contributed by atoms with Gasteiger partial charge in [0.05, 0.1) is 12.3 Å². The van der Waals surface area contributed by atoms with Crippen LogP contribution in [0.15, 0.2) is 18.5 Å². The number of hydrogen-bond donors (Lipinski definition) is 3. The van der Waals surface area contributed by atoms with Gasteiger partial charge in [0.2, 0.25) is 5.60 Å². The van der Waals surface area contributed by atoms with E-state index in [1.54, 1.807) is 18.2 Å². The fourth-order valence-electron chi connectivity index (χ4n) is 3.06. The predicted molar refractivity (Wildman–Crippen MR) is 98.3 cm³/mol. The first-order valence-electron chi connectivity index (χ1n) is 9.12. The maximum Gasteiger partial charge on any atom is 0.508 e. The summed E-state index contributed by atoms with van der Waals surface area (Å²) >= 11 is 0. The van der Waals surface area contributed by atoms with E-state index < -0.39 is 36.7 Å². The average molecular weight is 405 g/mol. The molecule has 3 heterocycles. The molecule has 156 valence electrons. The molecule has 11 heteroatoms. The summed E-state index contributed by atoms with van der Waals surface area (Å²) < 4.78 is 17.0. The first-order chi connectivity index (χ1) is 13.8. The van der Waals surface area contributed by atoms with Gasteiger partial charge in [0.15, 0.2) is 5.82 Å². The molecule has 4 N–H and O–H groups in total. The van der Waals surface area contributed by atoms with Crippen molar-refractivity contribution >= 4 is 17.5 Å². The molecule has 1 aliphatic rings. The second kappa shape index (κ2) is 8.20. The van der Waals surface area contributed by atoms with Crippen molar-refractivity contribution in [3.8, 4) is 6.07 Å². The lowest BCUT2D eigenvalue weighted by Crippen LogP contribution is -2.46. The van der Waals surface area contributed by atoms with E-state index in [1.165, 1.54) is 10.8 Å². The lowest BCUT2D eigenvalue weighted by atomic mass is 9.96. The van der Waals surface area contributed by atoms with Crippen molar-refractivity contribution in [2.75, 3.05) is 18.9 Å². The molecule has 3 rings (SSSR count). The minimum atomic E-state index is -1.97. The van der Waals surface area contributed by atoms with Gasteiger partial charge >= 0.3 is 6.16 Å². The van der Waals surface area contributed by atoms with Gasteiger partial charge in [-0.2, -0.15) is 10.4 Å². The van der Waals surface area contributed by atoms with Gasteiger partial charge in [-0.15, -0.1) is 0 Å². The minimum absolute atomic E-state index is 0.169. The molecule has 1 fully saturated rings. The summed E-state index contributed by atoms with van der Waals surface area (Å²) in [5.41, 5.74) is 4.67. The van der Waals surface area contributed by atoms with E-state index in [4.69, 9.17) is 19.9 Å². The molecule has 2 aromatic heterocycles. The second-order valence-electron chi connectivity index (χ2n) is 7.25. The molecule has 0 radical (unpaired) electrons. The first-order valence-corrected chi connectivity index (χ1v) is 9.12. The third-order valence-electron chi connectivity index (χ3n) is 4.76. The van der Waals surface area contributed by atoms with E-state index in [-0.39, 0.29) is 12.4 Å². The Morgan fingerprint density at radius 2 is 2.21 bits per heavy atom. The maximum absolute atomic E-state index is 11.8. The van der Waals surface area contributed by atoms with Crippen LogP contribution < -0.4 is 5.73 Å². The van der Waals surface area contributed by atoms with Crippen LogP contribution in [-0.4, -0.2) is 62.0 Å². The van der Waals surface area contributed by atoms with E-state index in [0.29, 0.717) is 23.5 Å². The maximum atomic E-state index is 11.8. The minimum Gasteiger partial charge on any atom is -0.434 e. The van der Waals surface area contributed by atoms with Crippen molar-refractivity contribution < 1.29 is 29.2 Å². The van der Waals surface area contributed by atoms with Gasteiger partial charge in [0.1, 0.15) is 42.8 Å². The molecule has 2 aromatic rings. The number of carbonyl (C=O) groups excluding carboxylic acids is 1.